The van der Waals surface area contributed by atoms with E-state index in [0.717, 1.165) is 39.2 Å². The van der Waals surface area contributed by atoms with E-state index in [2.05, 4.69) is 5.32 Å². The van der Waals surface area contributed by atoms with E-state index in [1.807, 2.05) is 84.9 Å². The number of methoxy groups -OCH3 is 2. The van der Waals surface area contributed by atoms with E-state index in [9.17, 15) is 5.11 Å². The van der Waals surface area contributed by atoms with E-state index in [-0.39, 0.29) is 11.8 Å². The second-order valence-electron chi connectivity index (χ2n) is 8.23. The van der Waals surface area contributed by atoms with E-state index < -0.39 is 0 Å². The maximum absolute atomic E-state index is 11.1. The van der Waals surface area contributed by atoms with E-state index in [0.29, 0.717) is 17.1 Å². The number of rotatable bonds is 5. The van der Waals surface area contributed by atoms with Crippen molar-refractivity contribution in [2.45, 2.75) is 12.5 Å². The molecule has 1 atom stereocenters. The summed E-state index contributed by atoms with van der Waals surface area (Å²) in [6, 6.07) is 27.0. The molecule has 0 aromatic heterocycles. The van der Waals surface area contributed by atoms with Gasteiger partial charge in [-0.25, -0.2) is 5.01 Å². The molecule has 6 nitrogen and oxygen atoms in total. The van der Waals surface area contributed by atoms with Gasteiger partial charge in [-0.3, -0.25) is 0 Å². The fourth-order valence-corrected chi connectivity index (χ4v) is 4.62. The maximum Gasteiger partial charge on any atom is 0.194 e. The Labute approximate surface area is 209 Å². The maximum atomic E-state index is 11.1. The lowest BCUT2D eigenvalue weighted by Crippen LogP contribution is -2.31. The van der Waals surface area contributed by atoms with Gasteiger partial charge in [0.05, 0.1) is 26.0 Å². The summed E-state index contributed by atoms with van der Waals surface area (Å²) in [4.78, 5) is 0. The van der Waals surface area contributed by atoms with Gasteiger partial charge < -0.3 is 19.9 Å². The van der Waals surface area contributed by atoms with Crippen LogP contribution in [0.3, 0.4) is 0 Å². The third-order valence-corrected chi connectivity index (χ3v) is 6.42. The van der Waals surface area contributed by atoms with Gasteiger partial charge in [-0.05, 0) is 53.5 Å². The van der Waals surface area contributed by atoms with Crippen molar-refractivity contribution >= 4 is 39.5 Å². The highest BCUT2D eigenvalue weighted by Gasteiger charge is 2.33. The number of nitrogens with one attached hydrogen (secondary N) is 1. The van der Waals surface area contributed by atoms with Gasteiger partial charge in [0.2, 0.25) is 0 Å². The van der Waals surface area contributed by atoms with Crippen LogP contribution in [0.5, 0.6) is 17.2 Å². The SMILES string of the molecule is COc1cccc(NC(=S)N2N=C(c3ccc4ccccc4c3O)CC2c2cccc(OC)c2)c1. The van der Waals surface area contributed by atoms with Gasteiger partial charge in [-0.1, -0.05) is 48.5 Å². The molecule has 1 unspecified atom stereocenters. The van der Waals surface area contributed by atoms with Gasteiger partial charge in [0.15, 0.2) is 5.11 Å². The third kappa shape index (κ3) is 4.50. The van der Waals surface area contributed by atoms with Crippen LogP contribution in [0.2, 0.25) is 0 Å². The average molecular weight is 484 g/mol. The number of benzene rings is 4. The van der Waals surface area contributed by atoms with Gasteiger partial charge in [0, 0.05) is 29.1 Å². The Kier molecular flexibility index (Phi) is 6.25. The van der Waals surface area contributed by atoms with Crippen LogP contribution in [0.15, 0.2) is 90.0 Å². The number of hydrogen-bond donors (Lipinski definition) is 2. The van der Waals surface area contributed by atoms with Crippen molar-refractivity contribution in [1.29, 1.82) is 0 Å². The zero-order valence-electron chi connectivity index (χ0n) is 19.4. The monoisotopic (exact) mass is 483 g/mol. The lowest BCUT2D eigenvalue weighted by Gasteiger charge is -2.25. The lowest BCUT2D eigenvalue weighted by atomic mass is 9.96. The minimum absolute atomic E-state index is 0.170. The predicted molar refractivity (Wildman–Crippen MR) is 144 cm³/mol. The first-order valence-electron chi connectivity index (χ1n) is 11.2. The molecule has 0 bridgehead atoms. The molecule has 4 aromatic rings. The summed E-state index contributed by atoms with van der Waals surface area (Å²) in [6.45, 7) is 0. The van der Waals surface area contributed by atoms with Crippen molar-refractivity contribution < 1.29 is 14.6 Å². The molecule has 0 saturated heterocycles. The van der Waals surface area contributed by atoms with Crippen molar-refractivity contribution in [1.82, 2.24) is 5.01 Å². The first-order chi connectivity index (χ1) is 17.1. The minimum Gasteiger partial charge on any atom is -0.507 e. The summed E-state index contributed by atoms with van der Waals surface area (Å²) in [5.74, 6) is 1.71. The normalized spacial score (nSPS) is 15.1. The zero-order valence-corrected chi connectivity index (χ0v) is 20.3. The third-order valence-electron chi connectivity index (χ3n) is 6.13. The van der Waals surface area contributed by atoms with E-state index >= 15 is 0 Å². The second-order valence-corrected chi connectivity index (χ2v) is 8.62. The Hall–Kier alpha value is -4.10. The molecule has 1 aliphatic heterocycles. The molecule has 176 valence electrons. The van der Waals surface area contributed by atoms with Gasteiger partial charge in [-0.2, -0.15) is 5.10 Å². The number of thiocarbonyl (C=S) groups is 1. The molecule has 0 saturated carbocycles. The summed E-state index contributed by atoms with van der Waals surface area (Å²) in [6.07, 6.45) is 0.568. The van der Waals surface area contributed by atoms with Crippen LogP contribution < -0.4 is 14.8 Å². The topological polar surface area (TPSA) is 66.3 Å². The second kappa shape index (κ2) is 9.64. The van der Waals surface area contributed by atoms with Crippen LogP contribution in [-0.4, -0.2) is 35.2 Å². The Morgan fingerprint density at radius 3 is 2.49 bits per heavy atom. The zero-order chi connectivity index (χ0) is 24.4. The Balaban J connectivity index is 1.53. The van der Waals surface area contributed by atoms with Gasteiger partial charge >= 0.3 is 0 Å². The highest BCUT2D eigenvalue weighted by Crippen LogP contribution is 2.38. The number of nitrogens with zero attached hydrogens (tertiary/aromatic N) is 2. The van der Waals surface area contributed by atoms with Crippen LogP contribution in [0, 0.1) is 0 Å². The number of fused-ring (bicyclic) bond motifs is 1. The fourth-order valence-electron chi connectivity index (χ4n) is 4.34. The smallest absolute Gasteiger partial charge is 0.194 e. The summed E-state index contributed by atoms with van der Waals surface area (Å²) >= 11 is 5.80. The van der Waals surface area contributed by atoms with Gasteiger partial charge in [0.1, 0.15) is 17.2 Å². The summed E-state index contributed by atoms with van der Waals surface area (Å²) in [5.41, 5.74) is 3.27. The summed E-state index contributed by atoms with van der Waals surface area (Å²) in [7, 11) is 3.28. The van der Waals surface area contributed by atoms with Crippen molar-refractivity contribution in [2.75, 3.05) is 19.5 Å². The van der Waals surface area contributed by atoms with Gasteiger partial charge in [-0.15, -0.1) is 0 Å². The average Bonchev–Trinajstić information content (AvgIpc) is 3.35. The molecular weight excluding hydrogens is 458 g/mol. The van der Waals surface area contributed by atoms with Crippen LogP contribution in [-0.2, 0) is 0 Å². The van der Waals surface area contributed by atoms with Crippen LogP contribution in [0.1, 0.15) is 23.6 Å². The van der Waals surface area contributed by atoms with Gasteiger partial charge in [0.25, 0.3) is 0 Å². The van der Waals surface area contributed by atoms with E-state index in [4.69, 9.17) is 26.8 Å². The van der Waals surface area contributed by atoms with E-state index in [1.54, 1.807) is 19.2 Å². The van der Waals surface area contributed by atoms with Crippen molar-refractivity contribution in [3.05, 3.63) is 96.1 Å². The number of phenols is 1. The van der Waals surface area contributed by atoms with Crippen molar-refractivity contribution in [2.24, 2.45) is 5.10 Å². The molecule has 2 N–H and O–H groups in total. The number of aromatic hydroxyl groups is 1. The van der Waals surface area contributed by atoms with Crippen LogP contribution in [0.4, 0.5) is 5.69 Å². The fraction of sp³-hybridized carbons (Fsp3) is 0.143. The standard InChI is InChI=1S/C28H25N3O3S/c1-33-21-10-5-8-19(15-21)26-17-25(24-14-13-18-7-3-4-12-23(18)27(24)32)30-31(26)28(35)29-20-9-6-11-22(16-20)34-2/h3-16,26,32H,17H2,1-2H3,(H,29,35). The number of phenolic OH excluding ortho intramolecular Hbond substituents is 1. The quantitative estimate of drug-likeness (QED) is 0.334. The van der Waals surface area contributed by atoms with Crippen LogP contribution in [0.25, 0.3) is 10.8 Å². The highest BCUT2D eigenvalue weighted by atomic mass is 32.1. The minimum atomic E-state index is -0.170. The number of ether oxygens (including phenoxy) is 2. The number of anilines is 1. The molecule has 0 fully saturated rings. The predicted octanol–water partition coefficient (Wildman–Crippen LogP) is 6.11. The molecule has 0 spiro atoms. The molecule has 7 heteroatoms. The first-order valence-corrected chi connectivity index (χ1v) is 11.6. The van der Waals surface area contributed by atoms with E-state index in [1.165, 1.54) is 0 Å². The molecule has 0 radical (unpaired) electrons. The summed E-state index contributed by atoms with van der Waals surface area (Å²) < 4.78 is 10.8. The number of hydrogen-bond acceptors (Lipinski definition) is 5. The molecule has 0 aliphatic carbocycles. The van der Waals surface area contributed by atoms with Crippen LogP contribution >= 0.6 is 12.2 Å². The van der Waals surface area contributed by atoms with Crippen molar-refractivity contribution in [3.63, 3.8) is 0 Å². The summed E-state index contributed by atoms with van der Waals surface area (Å²) in [5, 5.41) is 23.3. The molecule has 35 heavy (non-hydrogen) atoms. The molecule has 1 aliphatic rings. The van der Waals surface area contributed by atoms with Crippen molar-refractivity contribution in [3.8, 4) is 17.2 Å². The Morgan fingerprint density at radius 1 is 0.943 bits per heavy atom. The molecule has 0 amide bonds. The molecule has 5 rings (SSSR count). The Bertz CT molecular complexity index is 1440. The molecule has 4 aromatic carbocycles. The highest BCUT2D eigenvalue weighted by molar-refractivity contribution is 7.80. The first kappa shape index (κ1) is 22.7. The lowest BCUT2D eigenvalue weighted by molar-refractivity contribution is 0.371. The Morgan fingerprint density at radius 2 is 1.69 bits per heavy atom. The number of hydrazone groups is 1. The molecular formula is C28H25N3O3S. The largest absolute Gasteiger partial charge is 0.507 e. The molecule has 1 heterocycles.